The summed E-state index contributed by atoms with van der Waals surface area (Å²) in [6, 6.07) is 17.0. The summed E-state index contributed by atoms with van der Waals surface area (Å²) in [7, 11) is 0. The van der Waals surface area contributed by atoms with Crippen molar-refractivity contribution in [3.63, 3.8) is 0 Å². The fourth-order valence-electron chi connectivity index (χ4n) is 2.17. The molecule has 0 aliphatic carbocycles. The first-order valence-corrected chi connectivity index (χ1v) is 6.37. The van der Waals surface area contributed by atoms with Crippen LogP contribution in [0.25, 0.3) is 10.8 Å². The quantitative estimate of drug-likeness (QED) is 0.760. The van der Waals surface area contributed by atoms with Crippen LogP contribution in [0.4, 0.5) is 0 Å². The van der Waals surface area contributed by atoms with Crippen molar-refractivity contribution in [2.45, 2.75) is 0 Å². The summed E-state index contributed by atoms with van der Waals surface area (Å²) in [4.78, 5) is 11.4. The van der Waals surface area contributed by atoms with Gasteiger partial charge in [0.2, 0.25) is 0 Å². The molecule has 0 amide bonds. The molecule has 0 aromatic heterocycles. The predicted octanol–water partition coefficient (Wildman–Crippen LogP) is 4.04. The first-order valence-electron chi connectivity index (χ1n) is 6.37. The average molecular weight is 280 g/mol. The van der Waals surface area contributed by atoms with Gasteiger partial charge in [-0.05, 0) is 23.6 Å². The van der Waals surface area contributed by atoms with Crippen molar-refractivity contribution in [2.75, 3.05) is 0 Å². The fraction of sp³-hybridized carbons (Fsp3) is 0. The van der Waals surface area contributed by atoms with E-state index in [9.17, 15) is 15.0 Å². The Bertz CT molecular complexity index is 824. The van der Waals surface area contributed by atoms with Crippen molar-refractivity contribution in [1.82, 2.24) is 0 Å². The van der Waals surface area contributed by atoms with Gasteiger partial charge in [-0.2, -0.15) is 0 Å². The second kappa shape index (κ2) is 5.17. The SMILES string of the molecule is O=C(O)c1ccc2ccccc2c1Oc1ccccc1O. The van der Waals surface area contributed by atoms with Crippen LogP contribution in [0.1, 0.15) is 10.4 Å². The lowest BCUT2D eigenvalue weighted by Crippen LogP contribution is -2.00. The number of carboxylic acids is 1. The Hall–Kier alpha value is -3.01. The molecule has 4 heteroatoms. The van der Waals surface area contributed by atoms with Crippen molar-refractivity contribution in [3.8, 4) is 17.2 Å². The molecular formula is C17H12O4. The zero-order valence-electron chi connectivity index (χ0n) is 11.0. The molecule has 0 spiro atoms. The van der Waals surface area contributed by atoms with Crippen LogP contribution in [-0.2, 0) is 0 Å². The highest BCUT2D eigenvalue weighted by atomic mass is 16.5. The number of phenolic OH excluding ortho intramolecular Hbond substituents is 1. The Kier molecular flexibility index (Phi) is 3.20. The minimum Gasteiger partial charge on any atom is -0.504 e. The third-order valence-electron chi connectivity index (χ3n) is 3.19. The number of aromatic carboxylic acids is 1. The number of carboxylic acid groups (broad SMARTS) is 1. The normalized spacial score (nSPS) is 10.5. The van der Waals surface area contributed by atoms with Gasteiger partial charge in [0.05, 0.1) is 0 Å². The van der Waals surface area contributed by atoms with Gasteiger partial charge in [0.25, 0.3) is 0 Å². The summed E-state index contributed by atoms with van der Waals surface area (Å²) in [5.74, 6) is -0.675. The van der Waals surface area contributed by atoms with Crippen molar-refractivity contribution < 1.29 is 19.7 Å². The second-order valence-electron chi connectivity index (χ2n) is 4.54. The maximum atomic E-state index is 11.4. The topological polar surface area (TPSA) is 66.8 Å². The minimum atomic E-state index is -1.08. The van der Waals surface area contributed by atoms with Crippen LogP contribution in [0.2, 0.25) is 0 Å². The van der Waals surface area contributed by atoms with Gasteiger partial charge < -0.3 is 14.9 Å². The van der Waals surface area contributed by atoms with E-state index in [0.717, 1.165) is 5.39 Å². The molecule has 4 nitrogen and oxygen atoms in total. The number of hydrogen-bond donors (Lipinski definition) is 2. The first-order chi connectivity index (χ1) is 10.2. The third kappa shape index (κ3) is 2.39. The van der Waals surface area contributed by atoms with Crippen LogP contribution in [0.5, 0.6) is 17.2 Å². The number of phenols is 1. The Morgan fingerprint density at radius 2 is 1.62 bits per heavy atom. The van der Waals surface area contributed by atoms with Crippen LogP contribution in [0.3, 0.4) is 0 Å². The molecule has 0 aliphatic heterocycles. The van der Waals surface area contributed by atoms with E-state index in [2.05, 4.69) is 0 Å². The van der Waals surface area contributed by atoms with Gasteiger partial charge in [-0.25, -0.2) is 4.79 Å². The summed E-state index contributed by atoms with van der Waals surface area (Å²) in [6.45, 7) is 0. The van der Waals surface area contributed by atoms with E-state index in [1.807, 2.05) is 18.2 Å². The summed E-state index contributed by atoms with van der Waals surface area (Å²) < 4.78 is 5.68. The molecule has 0 unspecified atom stereocenters. The fourth-order valence-corrected chi connectivity index (χ4v) is 2.17. The van der Waals surface area contributed by atoms with Crippen molar-refractivity contribution in [2.24, 2.45) is 0 Å². The van der Waals surface area contributed by atoms with E-state index in [0.29, 0.717) is 5.39 Å². The first kappa shape index (κ1) is 13.0. The Labute approximate surface area is 120 Å². The van der Waals surface area contributed by atoms with Crippen molar-refractivity contribution >= 4 is 16.7 Å². The number of ether oxygens (including phenoxy) is 1. The zero-order chi connectivity index (χ0) is 14.8. The summed E-state index contributed by atoms with van der Waals surface area (Å²) in [6.07, 6.45) is 0. The van der Waals surface area contributed by atoms with Gasteiger partial charge in [0.1, 0.15) is 11.3 Å². The average Bonchev–Trinajstić information content (AvgIpc) is 2.49. The summed E-state index contributed by atoms with van der Waals surface area (Å²) in [5.41, 5.74) is 0.0527. The molecule has 0 radical (unpaired) electrons. The van der Waals surface area contributed by atoms with E-state index in [1.165, 1.54) is 12.1 Å². The van der Waals surface area contributed by atoms with Gasteiger partial charge in [-0.1, -0.05) is 42.5 Å². The molecule has 0 atom stereocenters. The lowest BCUT2D eigenvalue weighted by Gasteiger charge is -2.12. The maximum Gasteiger partial charge on any atom is 0.339 e. The number of benzene rings is 3. The molecule has 21 heavy (non-hydrogen) atoms. The number of para-hydroxylation sites is 2. The highest BCUT2D eigenvalue weighted by Crippen LogP contribution is 2.36. The molecule has 0 aliphatic rings. The molecule has 104 valence electrons. The molecule has 0 heterocycles. The predicted molar refractivity (Wildman–Crippen MR) is 79.1 cm³/mol. The number of rotatable bonds is 3. The largest absolute Gasteiger partial charge is 0.504 e. The Morgan fingerprint density at radius 1 is 0.905 bits per heavy atom. The van der Waals surface area contributed by atoms with E-state index < -0.39 is 5.97 Å². The van der Waals surface area contributed by atoms with Crippen LogP contribution >= 0.6 is 0 Å². The molecule has 0 saturated carbocycles. The van der Waals surface area contributed by atoms with Gasteiger partial charge in [0.15, 0.2) is 11.5 Å². The molecule has 3 aromatic carbocycles. The summed E-state index contributed by atoms with van der Waals surface area (Å²) >= 11 is 0. The number of hydrogen-bond acceptors (Lipinski definition) is 3. The van der Waals surface area contributed by atoms with E-state index in [-0.39, 0.29) is 22.8 Å². The lowest BCUT2D eigenvalue weighted by molar-refractivity contribution is 0.0694. The van der Waals surface area contributed by atoms with Crippen molar-refractivity contribution in [3.05, 3.63) is 66.2 Å². The van der Waals surface area contributed by atoms with E-state index >= 15 is 0 Å². The molecule has 0 bridgehead atoms. The minimum absolute atomic E-state index is 0.0400. The molecule has 3 rings (SSSR count). The molecule has 0 fully saturated rings. The molecule has 3 aromatic rings. The lowest BCUT2D eigenvalue weighted by atomic mass is 10.1. The summed E-state index contributed by atoms with van der Waals surface area (Å²) in [5, 5.41) is 20.7. The number of carbonyl (C=O) groups is 1. The van der Waals surface area contributed by atoms with Gasteiger partial charge in [0, 0.05) is 5.39 Å². The Balaban J connectivity index is 2.21. The Morgan fingerprint density at radius 3 is 2.38 bits per heavy atom. The van der Waals surface area contributed by atoms with Crippen LogP contribution in [0, 0.1) is 0 Å². The molecular weight excluding hydrogens is 268 g/mol. The van der Waals surface area contributed by atoms with Gasteiger partial charge >= 0.3 is 5.97 Å². The molecule has 0 saturated heterocycles. The smallest absolute Gasteiger partial charge is 0.339 e. The van der Waals surface area contributed by atoms with Gasteiger partial charge in [-0.3, -0.25) is 0 Å². The van der Waals surface area contributed by atoms with Crippen LogP contribution < -0.4 is 4.74 Å². The highest BCUT2D eigenvalue weighted by Gasteiger charge is 2.16. The van der Waals surface area contributed by atoms with Crippen molar-refractivity contribution in [1.29, 1.82) is 0 Å². The van der Waals surface area contributed by atoms with Crippen LogP contribution in [0.15, 0.2) is 60.7 Å². The third-order valence-corrected chi connectivity index (χ3v) is 3.19. The highest BCUT2D eigenvalue weighted by molar-refractivity contribution is 6.00. The molecule has 2 N–H and O–H groups in total. The standard InChI is InChI=1S/C17H12O4/c18-14-7-3-4-8-15(14)21-16-12-6-2-1-5-11(12)9-10-13(16)17(19)20/h1-10,18H,(H,19,20). The second-order valence-corrected chi connectivity index (χ2v) is 4.54. The maximum absolute atomic E-state index is 11.4. The van der Waals surface area contributed by atoms with E-state index in [4.69, 9.17) is 4.74 Å². The van der Waals surface area contributed by atoms with Gasteiger partial charge in [-0.15, -0.1) is 0 Å². The number of aromatic hydroxyl groups is 1. The van der Waals surface area contributed by atoms with E-state index in [1.54, 1.807) is 30.3 Å². The monoisotopic (exact) mass is 280 g/mol. The van der Waals surface area contributed by atoms with Crippen LogP contribution in [-0.4, -0.2) is 16.2 Å². The zero-order valence-corrected chi connectivity index (χ0v) is 11.0. The number of fused-ring (bicyclic) bond motifs is 1.